The lowest BCUT2D eigenvalue weighted by molar-refractivity contribution is -0.156. The molecule has 3 rings (SSSR count). The molecule has 0 spiro atoms. The first-order valence-electron chi connectivity index (χ1n) is 14.0. The Morgan fingerprint density at radius 3 is 2.05 bits per heavy atom. The summed E-state index contributed by atoms with van der Waals surface area (Å²) >= 11 is 0. The molecule has 0 radical (unpaired) electrons. The first kappa shape index (κ1) is 36.4. The van der Waals surface area contributed by atoms with E-state index in [4.69, 9.17) is 10.9 Å². The number of alkyl halides is 3. The minimum Gasteiger partial charge on any atom is -0.444 e. The fraction of sp³-hybridized carbons (Fsp3) is 0.484. The predicted octanol–water partition coefficient (Wildman–Crippen LogP) is 8.11. The third-order valence-corrected chi connectivity index (χ3v) is 5.25. The summed E-state index contributed by atoms with van der Waals surface area (Å²) < 4.78 is 68.3. The standard InChI is InChI=1S/C16H22FNO3.C11H12FN.C2HF3O.C2H6/c1-11-10-12(17)7-8-13(11)14(19)6-5-9-18-15(20)21-16(2,3)4;1-8-7-9(12)4-5-10(8)11-3-2-6-13-11;3-2(4,5)1-6;1-2/h7-8,10H,5-6,9H2,1-4H3,(H,18,20);4-5,7H,2-3,6H2,1H3;1H;1-2H3/i;;;1D. The van der Waals surface area contributed by atoms with Crippen molar-refractivity contribution < 1.29 is 42.4 Å². The minimum atomic E-state index is -4.64. The van der Waals surface area contributed by atoms with Crippen LogP contribution in [0, 0.1) is 25.5 Å². The first-order chi connectivity index (χ1) is 19.9. The van der Waals surface area contributed by atoms with E-state index in [0.29, 0.717) is 37.4 Å². The number of hydrogen-bond acceptors (Lipinski definition) is 5. The Labute approximate surface area is 246 Å². The maximum Gasteiger partial charge on any atom is 0.446 e. The van der Waals surface area contributed by atoms with Crippen molar-refractivity contribution in [3.63, 3.8) is 0 Å². The summed E-state index contributed by atoms with van der Waals surface area (Å²) in [4.78, 5) is 36.5. The molecule has 0 saturated heterocycles. The molecular formula is C31H41F5N2O4. The van der Waals surface area contributed by atoms with E-state index in [9.17, 15) is 31.5 Å². The molecule has 0 unspecified atom stereocenters. The quantitative estimate of drug-likeness (QED) is 0.157. The second-order valence-corrected chi connectivity index (χ2v) is 9.97. The number of benzene rings is 2. The average molecular weight is 602 g/mol. The van der Waals surface area contributed by atoms with E-state index in [2.05, 4.69) is 10.3 Å². The molecule has 2 aromatic rings. The molecule has 11 heteroatoms. The molecule has 1 N–H and O–H groups in total. The Morgan fingerprint density at radius 2 is 1.60 bits per heavy atom. The molecular weight excluding hydrogens is 559 g/mol. The molecule has 0 aliphatic carbocycles. The molecule has 1 heterocycles. The molecule has 6 nitrogen and oxygen atoms in total. The number of aryl methyl sites for hydroxylation is 2. The van der Waals surface area contributed by atoms with Crippen molar-refractivity contribution in [2.45, 2.75) is 85.9 Å². The summed E-state index contributed by atoms with van der Waals surface area (Å²) in [6, 6.07) is 9.01. The number of ether oxygens (including phenoxy) is 1. The number of aldehydes is 1. The Hall–Kier alpha value is -3.63. The van der Waals surface area contributed by atoms with E-state index in [1.165, 1.54) is 24.3 Å². The minimum absolute atomic E-state index is 0.0570. The maximum atomic E-state index is 13.0. The predicted molar refractivity (Wildman–Crippen MR) is 154 cm³/mol. The van der Waals surface area contributed by atoms with E-state index in [-0.39, 0.29) is 17.4 Å². The highest BCUT2D eigenvalue weighted by Crippen LogP contribution is 2.17. The zero-order chi connectivity index (χ0) is 33.2. The van der Waals surface area contributed by atoms with Crippen LogP contribution in [0.15, 0.2) is 41.4 Å². The SMILES string of the molecule is Cc1cc(F)ccc1C(=O)CCCNC(=O)OC(C)(C)C.Cc1cc(F)ccc1C1=NCCC1.O=CC(F)(F)F.[2H]CC. The van der Waals surface area contributed by atoms with Crippen LogP contribution in [0.4, 0.5) is 26.7 Å². The lowest BCUT2D eigenvalue weighted by atomic mass is 10.0. The van der Waals surface area contributed by atoms with Crippen LogP contribution in [0.1, 0.15) is 88.7 Å². The summed E-state index contributed by atoms with van der Waals surface area (Å²) in [5.74, 6) is -0.575. The van der Waals surface area contributed by atoms with Crippen molar-refractivity contribution in [3.05, 3.63) is 70.3 Å². The van der Waals surface area contributed by atoms with Crippen molar-refractivity contribution >= 4 is 23.9 Å². The number of halogens is 5. The molecule has 0 bridgehead atoms. The van der Waals surface area contributed by atoms with Crippen molar-refractivity contribution in [1.82, 2.24) is 5.32 Å². The van der Waals surface area contributed by atoms with Crippen molar-refractivity contribution in [3.8, 4) is 0 Å². The highest BCUT2D eigenvalue weighted by atomic mass is 19.4. The largest absolute Gasteiger partial charge is 0.446 e. The topological polar surface area (TPSA) is 84.8 Å². The van der Waals surface area contributed by atoms with Gasteiger partial charge in [0.05, 0.1) is 0 Å². The zero-order valence-corrected chi connectivity index (χ0v) is 25.0. The van der Waals surface area contributed by atoms with Crippen LogP contribution < -0.4 is 5.32 Å². The van der Waals surface area contributed by atoms with E-state index in [1.54, 1.807) is 40.7 Å². The van der Waals surface area contributed by atoms with Gasteiger partial charge in [0.2, 0.25) is 6.29 Å². The molecule has 42 heavy (non-hydrogen) atoms. The average Bonchev–Trinajstić information content (AvgIpc) is 3.41. The molecule has 1 aliphatic rings. The molecule has 2 aromatic carbocycles. The van der Waals surface area contributed by atoms with Gasteiger partial charge in [-0.15, -0.1) is 0 Å². The summed E-state index contributed by atoms with van der Waals surface area (Å²) in [6.07, 6.45) is -3.23. The highest BCUT2D eigenvalue weighted by Gasteiger charge is 2.25. The number of Topliss-reactive ketones (excluding diaryl/α,β-unsaturated/α-hetero) is 1. The molecule has 0 atom stereocenters. The second kappa shape index (κ2) is 18.7. The molecule has 0 saturated carbocycles. The third kappa shape index (κ3) is 16.6. The Morgan fingerprint density at radius 1 is 1.05 bits per heavy atom. The number of nitrogens with one attached hydrogen (secondary N) is 1. The fourth-order valence-electron chi connectivity index (χ4n) is 3.54. The zero-order valence-electron chi connectivity index (χ0n) is 26.0. The van der Waals surface area contributed by atoms with Gasteiger partial charge in [-0.25, -0.2) is 13.6 Å². The van der Waals surface area contributed by atoms with Gasteiger partial charge >= 0.3 is 12.3 Å². The summed E-state index contributed by atoms with van der Waals surface area (Å²) in [5.41, 5.74) is 3.84. The first-order valence-corrected chi connectivity index (χ1v) is 13.3. The van der Waals surface area contributed by atoms with Crippen molar-refractivity contribution in [2.24, 2.45) is 4.99 Å². The summed E-state index contributed by atoms with van der Waals surface area (Å²) in [5, 5.41) is 2.60. The van der Waals surface area contributed by atoms with Gasteiger partial charge < -0.3 is 10.1 Å². The maximum absolute atomic E-state index is 13.0. The van der Waals surface area contributed by atoms with Crippen molar-refractivity contribution in [1.29, 1.82) is 0 Å². The summed E-state index contributed by atoms with van der Waals surface area (Å²) in [6.45, 7) is 12.6. The highest BCUT2D eigenvalue weighted by molar-refractivity contribution is 6.02. The van der Waals surface area contributed by atoms with Crippen LogP contribution in [0.2, 0.25) is 0 Å². The number of nitrogens with zero attached hydrogens (tertiary/aromatic N) is 1. The number of amides is 1. The van der Waals surface area contributed by atoms with E-state index >= 15 is 0 Å². The van der Waals surface area contributed by atoms with Gasteiger partial charge in [0.25, 0.3) is 0 Å². The molecule has 1 amide bonds. The Kier molecular flexibility index (Phi) is 16.2. The van der Waals surface area contributed by atoms with Gasteiger partial charge in [0.1, 0.15) is 17.2 Å². The van der Waals surface area contributed by atoms with Crippen LogP contribution >= 0.6 is 0 Å². The normalized spacial score (nSPS) is 12.5. The van der Waals surface area contributed by atoms with Gasteiger partial charge in [0, 0.05) is 32.2 Å². The van der Waals surface area contributed by atoms with Crippen molar-refractivity contribution in [2.75, 3.05) is 13.1 Å². The molecule has 0 aromatic heterocycles. The van der Waals surface area contributed by atoms with E-state index in [0.717, 1.165) is 36.2 Å². The van der Waals surface area contributed by atoms with Gasteiger partial charge in [0.15, 0.2) is 5.78 Å². The number of rotatable bonds is 6. The van der Waals surface area contributed by atoms with Crippen LogP contribution in [0.3, 0.4) is 0 Å². The van der Waals surface area contributed by atoms with Gasteiger partial charge in [-0.1, -0.05) is 13.8 Å². The molecule has 0 fully saturated rings. The lowest BCUT2D eigenvalue weighted by Gasteiger charge is -2.19. The third-order valence-electron chi connectivity index (χ3n) is 5.25. The summed E-state index contributed by atoms with van der Waals surface area (Å²) in [7, 11) is 0. The van der Waals surface area contributed by atoms with Gasteiger partial charge in [-0.3, -0.25) is 14.6 Å². The Balaban J connectivity index is 0.000000675. The van der Waals surface area contributed by atoms with Crippen LogP contribution in [-0.4, -0.2) is 48.7 Å². The number of ketones is 1. The smallest absolute Gasteiger partial charge is 0.444 e. The van der Waals surface area contributed by atoms with E-state index in [1.807, 2.05) is 13.0 Å². The van der Waals surface area contributed by atoms with E-state index < -0.39 is 24.2 Å². The molecule has 1 aliphatic heterocycles. The second-order valence-electron chi connectivity index (χ2n) is 9.97. The number of hydrogen-bond donors (Lipinski definition) is 1. The monoisotopic (exact) mass is 601 g/mol. The van der Waals surface area contributed by atoms with Crippen LogP contribution in [0.25, 0.3) is 0 Å². The Bertz CT molecular complexity index is 1210. The van der Waals surface area contributed by atoms with Gasteiger partial charge in [-0.05, 0) is 107 Å². The lowest BCUT2D eigenvalue weighted by Crippen LogP contribution is -2.33. The van der Waals surface area contributed by atoms with Crippen LogP contribution in [-0.2, 0) is 9.53 Å². The number of carbonyl (C=O) groups is 3. The number of aliphatic imine (C=N–C) groups is 1. The molecule has 234 valence electrons. The number of carbonyl (C=O) groups excluding carboxylic acids is 3. The number of alkyl carbamates (subject to hydrolysis) is 1. The fourth-order valence-corrected chi connectivity index (χ4v) is 3.54. The van der Waals surface area contributed by atoms with Crippen LogP contribution in [0.5, 0.6) is 0 Å². The van der Waals surface area contributed by atoms with Gasteiger partial charge in [-0.2, -0.15) is 13.2 Å².